The summed E-state index contributed by atoms with van der Waals surface area (Å²) in [6.07, 6.45) is 7.50. The minimum absolute atomic E-state index is 0.0395. The number of esters is 1. The highest BCUT2D eigenvalue weighted by molar-refractivity contribution is 5.77. The van der Waals surface area contributed by atoms with Gasteiger partial charge in [0.15, 0.2) is 0 Å². The van der Waals surface area contributed by atoms with Crippen molar-refractivity contribution in [3.63, 3.8) is 0 Å². The molecule has 0 aromatic heterocycles. The van der Waals surface area contributed by atoms with Crippen LogP contribution in [0.25, 0.3) is 0 Å². The lowest BCUT2D eigenvalue weighted by atomic mass is 9.84. The molecule has 3 atom stereocenters. The van der Waals surface area contributed by atoms with Crippen molar-refractivity contribution in [2.45, 2.75) is 64.0 Å². The quantitative estimate of drug-likeness (QED) is 0.618. The third kappa shape index (κ3) is 6.74. The molecular weight excluding hydrogens is 368 g/mol. The number of hydrogen-bond donors (Lipinski definition) is 2. The van der Waals surface area contributed by atoms with Crippen molar-refractivity contribution in [2.75, 3.05) is 26.8 Å². The first kappa shape index (κ1) is 21.6. The molecule has 2 N–H and O–H groups in total. The topological polar surface area (TPSA) is 69.1 Å². The Hall–Kier alpha value is -2.08. The van der Waals surface area contributed by atoms with E-state index in [-0.39, 0.29) is 11.9 Å². The summed E-state index contributed by atoms with van der Waals surface area (Å²) in [5, 5.41) is 2.89. The lowest BCUT2D eigenvalue weighted by Gasteiger charge is -2.41. The van der Waals surface area contributed by atoms with Gasteiger partial charge in [-0.25, -0.2) is 0 Å². The minimum atomic E-state index is -0.170. The van der Waals surface area contributed by atoms with Crippen LogP contribution >= 0.6 is 0 Å². The van der Waals surface area contributed by atoms with E-state index >= 15 is 0 Å². The highest BCUT2D eigenvalue weighted by atomic mass is 16.5. The maximum absolute atomic E-state index is 12.1. The molecular formula is C23H35N2O4+. The standard InChI is InChI=1S/C23H34N2O4/c1-28-20-12-10-18(11-13-20)16-24-22(26)8-4-9-23(27)29-17-19-6-5-15-25-14-3-2-7-21(19)25/h10-13,19,21H,2-9,14-17H2,1H3,(H,24,26)/p+1/t19-,21+/m0/s1. The van der Waals surface area contributed by atoms with Crippen molar-refractivity contribution >= 4 is 11.9 Å². The Kier molecular flexibility index (Phi) is 8.35. The molecule has 1 aromatic rings. The lowest BCUT2D eigenvalue weighted by molar-refractivity contribution is -0.940. The first-order valence-electron chi connectivity index (χ1n) is 11.1. The first-order chi connectivity index (χ1) is 14.2. The number of piperidine rings is 2. The van der Waals surface area contributed by atoms with Gasteiger partial charge in [0.2, 0.25) is 5.91 Å². The van der Waals surface area contributed by atoms with Gasteiger partial charge in [-0.05, 0) is 56.2 Å². The molecule has 29 heavy (non-hydrogen) atoms. The SMILES string of the molecule is COc1ccc(CNC(=O)CCCC(=O)OC[C@@H]2CCC[NH+]3CCCC[C@H]23)cc1. The molecule has 1 aromatic carbocycles. The molecule has 3 rings (SSSR count). The fourth-order valence-corrected chi connectivity index (χ4v) is 4.68. The molecule has 0 bridgehead atoms. The second-order valence-corrected chi connectivity index (χ2v) is 8.32. The number of carbonyl (C=O) groups is 2. The Morgan fingerprint density at radius 1 is 1.07 bits per heavy atom. The Bertz CT molecular complexity index is 659. The molecule has 0 saturated carbocycles. The second kappa shape index (κ2) is 11.2. The molecule has 2 fully saturated rings. The normalized spacial score (nSPS) is 23.7. The Labute approximate surface area is 173 Å². The van der Waals surface area contributed by atoms with Gasteiger partial charge in [-0.1, -0.05) is 12.1 Å². The van der Waals surface area contributed by atoms with Gasteiger partial charge in [-0.15, -0.1) is 0 Å². The zero-order chi connectivity index (χ0) is 20.5. The van der Waals surface area contributed by atoms with Crippen LogP contribution in [0.2, 0.25) is 0 Å². The minimum Gasteiger partial charge on any atom is -0.497 e. The van der Waals surface area contributed by atoms with Gasteiger partial charge in [-0.2, -0.15) is 0 Å². The second-order valence-electron chi connectivity index (χ2n) is 8.32. The molecule has 1 amide bonds. The highest BCUT2D eigenvalue weighted by Gasteiger charge is 2.37. The van der Waals surface area contributed by atoms with Crippen molar-refractivity contribution < 1.29 is 24.0 Å². The van der Waals surface area contributed by atoms with E-state index in [4.69, 9.17) is 9.47 Å². The first-order valence-corrected chi connectivity index (χ1v) is 11.1. The van der Waals surface area contributed by atoms with Crippen molar-refractivity contribution in [3.8, 4) is 5.75 Å². The maximum Gasteiger partial charge on any atom is 0.305 e. The number of rotatable bonds is 9. The summed E-state index contributed by atoms with van der Waals surface area (Å²) in [5.41, 5.74) is 1.02. The van der Waals surface area contributed by atoms with Crippen LogP contribution in [-0.2, 0) is 20.9 Å². The number of ether oxygens (including phenoxy) is 2. The van der Waals surface area contributed by atoms with E-state index in [0.29, 0.717) is 44.4 Å². The van der Waals surface area contributed by atoms with Crippen LogP contribution in [0.1, 0.15) is 56.9 Å². The van der Waals surface area contributed by atoms with Crippen LogP contribution in [0.3, 0.4) is 0 Å². The zero-order valence-corrected chi connectivity index (χ0v) is 17.6. The zero-order valence-electron chi connectivity index (χ0n) is 17.6. The molecule has 0 radical (unpaired) electrons. The van der Waals surface area contributed by atoms with E-state index in [1.165, 1.54) is 45.2 Å². The number of fused-ring (bicyclic) bond motifs is 1. The monoisotopic (exact) mass is 403 g/mol. The van der Waals surface area contributed by atoms with E-state index in [9.17, 15) is 9.59 Å². The fraction of sp³-hybridized carbons (Fsp3) is 0.652. The molecule has 1 unspecified atom stereocenters. The van der Waals surface area contributed by atoms with Crippen LogP contribution < -0.4 is 15.0 Å². The van der Waals surface area contributed by atoms with Crippen LogP contribution in [0.15, 0.2) is 24.3 Å². The average Bonchev–Trinajstić information content (AvgIpc) is 2.76. The Morgan fingerprint density at radius 2 is 1.86 bits per heavy atom. The maximum atomic E-state index is 12.1. The van der Waals surface area contributed by atoms with E-state index in [1.54, 1.807) is 12.0 Å². The van der Waals surface area contributed by atoms with Crippen LogP contribution in [-0.4, -0.2) is 44.7 Å². The number of carbonyl (C=O) groups excluding carboxylic acids is 2. The molecule has 2 saturated heterocycles. The third-order valence-electron chi connectivity index (χ3n) is 6.32. The van der Waals surface area contributed by atoms with Gasteiger partial charge < -0.3 is 19.7 Å². The van der Waals surface area contributed by atoms with Gasteiger partial charge in [0.05, 0.1) is 32.8 Å². The number of amides is 1. The average molecular weight is 404 g/mol. The van der Waals surface area contributed by atoms with Crippen LogP contribution in [0.4, 0.5) is 0 Å². The van der Waals surface area contributed by atoms with Gasteiger partial charge in [0.25, 0.3) is 0 Å². The summed E-state index contributed by atoms with van der Waals surface area (Å²) in [7, 11) is 1.63. The predicted molar refractivity (Wildman–Crippen MR) is 111 cm³/mol. The summed E-state index contributed by atoms with van der Waals surface area (Å²) in [5.74, 6) is 1.10. The molecule has 0 aliphatic carbocycles. The molecule has 2 aliphatic rings. The number of nitrogens with one attached hydrogen (secondary N) is 2. The van der Waals surface area contributed by atoms with E-state index < -0.39 is 0 Å². The number of hydrogen-bond acceptors (Lipinski definition) is 4. The van der Waals surface area contributed by atoms with Crippen molar-refractivity contribution in [1.82, 2.24) is 5.32 Å². The largest absolute Gasteiger partial charge is 0.497 e. The lowest BCUT2D eigenvalue weighted by Crippen LogP contribution is -3.18. The third-order valence-corrected chi connectivity index (χ3v) is 6.32. The van der Waals surface area contributed by atoms with Gasteiger partial charge in [-0.3, -0.25) is 9.59 Å². The molecule has 2 aliphatic heterocycles. The van der Waals surface area contributed by atoms with Crippen molar-refractivity contribution in [3.05, 3.63) is 29.8 Å². The van der Waals surface area contributed by atoms with Crippen molar-refractivity contribution in [2.24, 2.45) is 5.92 Å². The van der Waals surface area contributed by atoms with Crippen LogP contribution in [0, 0.1) is 5.92 Å². The summed E-state index contributed by atoms with van der Waals surface area (Å²) in [6.45, 7) is 3.59. The highest BCUT2D eigenvalue weighted by Crippen LogP contribution is 2.21. The smallest absolute Gasteiger partial charge is 0.305 e. The Balaban J connectivity index is 1.28. The number of methoxy groups -OCH3 is 1. The van der Waals surface area contributed by atoms with Gasteiger partial charge >= 0.3 is 5.97 Å². The van der Waals surface area contributed by atoms with E-state index in [1.807, 2.05) is 24.3 Å². The Morgan fingerprint density at radius 3 is 2.66 bits per heavy atom. The fourth-order valence-electron chi connectivity index (χ4n) is 4.68. The van der Waals surface area contributed by atoms with Crippen LogP contribution in [0.5, 0.6) is 5.75 Å². The predicted octanol–water partition coefficient (Wildman–Crippen LogP) is 1.87. The summed E-state index contributed by atoms with van der Waals surface area (Å²) >= 11 is 0. The molecule has 6 heteroatoms. The summed E-state index contributed by atoms with van der Waals surface area (Å²) in [6, 6.07) is 8.28. The van der Waals surface area contributed by atoms with E-state index in [2.05, 4.69) is 5.32 Å². The van der Waals surface area contributed by atoms with Gasteiger partial charge in [0.1, 0.15) is 5.75 Å². The molecule has 160 valence electrons. The van der Waals surface area contributed by atoms with Gasteiger partial charge in [0, 0.05) is 25.3 Å². The number of quaternary nitrogens is 1. The van der Waals surface area contributed by atoms with E-state index in [0.717, 1.165) is 11.3 Å². The molecule has 6 nitrogen and oxygen atoms in total. The van der Waals surface area contributed by atoms with Crippen molar-refractivity contribution in [1.29, 1.82) is 0 Å². The molecule has 2 heterocycles. The number of benzene rings is 1. The summed E-state index contributed by atoms with van der Waals surface area (Å²) < 4.78 is 10.7. The summed E-state index contributed by atoms with van der Waals surface area (Å²) in [4.78, 5) is 25.8. The molecule has 0 spiro atoms.